The van der Waals surface area contributed by atoms with Crippen molar-refractivity contribution in [3.63, 3.8) is 0 Å². The fraction of sp³-hybridized carbons (Fsp3) is 0.600. The fourth-order valence-corrected chi connectivity index (χ4v) is 2.65. The first-order chi connectivity index (χ1) is 9.56. The molecule has 1 heterocycles. The van der Waals surface area contributed by atoms with Gasteiger partial charge in [0.15, 0.2) is 17.4 Å². The average molecular weight is 304 g/mol. The van der Waals surface area contributed by atoms with Crippen LogP contribution in [0.25, 0.3) is 0 Å². The van der Waals surface area contributed by atoms with Crippen molar-refractivity contribution < 1.29 is 13.5 Å². The Morgan fingerprint density at radius 2 is 2.10 bits per heavy atom. The van der Waals surface area contributed by atoms with Gasteiger partial charge in [0.25, 0.3) is 0 Å². The Hall–Kier alpha value is -0.870. The van der Waals surface area contributed by atoms with E-state index < -0.39 is 11.6 Å². The highest BCUT2D eigenvalue weighted by Gasteiger charge is 2.17. The lowest BCUT2D eigenvalue weighted by atomic mass is 9.97. The van der Waals surface area contributed by atoms with Gasteiger partial charge in [0.05, 0.1) is 6.61 Å². The molecule has 0 spiro atoms. The van der Waals surface area contributed by atoms with Crippen molar-refractivity contribution >= 4 is 11.6 Å². The zero-order valence-corrected chi connectivity index (χ0v) is 12.4. The third-order valence-electron chi connectivity index (χ3n) is 3.71. The van der Waals surface area contributed by atoms with Crippen LogP contribution in [0.15, 0.2) is 12.1 Å². The van der Waals surface area contributed by atoms with Gasteiger partial charge in [-0.1, -0.05) is 18.5 Å². The van der Waals surface area contributed by atoms with Crippen molar-refractivity contribution in [1.29, 1.82) is 0 Å². The summed E-state index contributed by atoms with van der Waals surface area (Å²) in [5, 5.41) is 3.37. The molecule has 1 aromatic carbocycles. The van der Waals surface area contributed by atoms with E-state index in [0.29, 0.717) is 6.61 Å². The SMILES string of the molecule is CC(CCC1CCNC1)COc1c(F)cc(Cl)cc1F. The van der Waals surface area contributed by atoms with E-state index in [0.717, 1.165) is 44.0 Å². The molecule has 20 heavy (non-hydrogen) atoms. The van der Waals surface area contributed by atoms with Crippen molar-refractivity contribution in [2.75, 3.05) is 19.7 Å². The van der Waals surface area contributed by atoms with Crippen LogP contribution in [-0.4, -0.2) is 19.7 Å². The highest BCUT2D eigenvalue weighted by Crippen LogP contribution is 2.26. The second kappa shape index (κ2) is 7.23. The van der Waals surface area contributed by atoms with Gasteiger partial charge in [0, 0.05) is 5.02 Å². The van der Waals surface area contributed by atoms with E-state index in [2.05, 4.69) is 5.32 Å². The van der Waals surface area contributed by atoms with Crippen LogP contribution in [0.4, 0.5) is 8.78 Å². The number of halogens is 3. The molecular weight excluding hydrogens is 284 g/mol. The molecule has 1 saturated heterocycles. The zero-order valence-electron chi connectivity index (χ0n) is 11.6. The molecule has 2 unspecified atom stereocenters. The van der Waals surface area contributed by atoms with Crippen LogP contribution in [0.2, 0.25) is 5.02 Å². The molecular formula is C15H20ClF2NO. The number of rotatable bonds is 6. The molecule has 112 valence electrons. The van der Waals surface area contributed by atoms with Crippen LogP contribution in [-0.2, 0) is 0 Å². The zero-order chi connectivity index (χ0) is 14.5. The molecule has 1 aromatic rings. The molecule has 2 rings (SSSR count). The standard InChI is InChI=1S/C15H20ClF2NO/c1-10(2-3-11-4-5-19-8-11)9-20-15-13(17)6-12(16)7-14(15)18/h6-7,10-11,19H,2-5,8-9H2,1H3. The molecule has 0 radical (unpaired) electrons. The van der Waals surface area contributed by atoms with Gasteiger partial charge in [0.1, 0.15) is 0 Å². The van der Waals surface area contributed by atoms with Crippen molar-refractivity contribution in [2.24, 2.45) is 11.8 Å². The third-order valence-corrected chi connectivity index (χ3v) is 3.92. The van der Waals surface area contributed by atoms with E-state index in [9.17, 15) is 8.78 Å². The molecule has 1 aliphatic rings. The maximum atomic E-state index is 13.5. The molecule has 2 atom stereocenters. The highest BCUT2D eigenvalue weighted by atomic mass is 35.5. The minimum absolute atomic E-state index is 0.0362. The maximum absolute atomic E-state index is 13.5. The van der Waals surface area contributed by atoms with Gasteiger partial charge in [-0.15, -0.1) is 0 Å². The lowest BCUT2D eigenvalue weighted by Gasteiger charge is -2.16. The third kappa shape index (κ3) is 4.32. The topological polar surface area (TPSA) is 21.3 Å². The van der Waals surface area contributed by atoms with Crippen molar-refractivity contribution in [3.05, 3.63) is 28.8 Å². The summed E-state index contributed by atoms with van der Waals surface area (Å²) in [5.41, 5.74) is 0. The summed E-state index contributed by atoms with van der Waals surface area (Å²) in [4.78, 5) is 0. The first-order valence-electron chi connectivity index (χ1n) is 7.04. The van der Waals surface area contributed by atoms with E-state index >= 15 is 0 Å². The highest BCUT2D eigenvalue weighted by molar-refractivity contribution is 6.30. The molecule has 0 saturated carbocycles. The lowest BCUT2D eigenvalue weighted by Crippen LogP contribution is -2.13. The first kappa shape index (κ1) is 15.5. The van der Waals surface area contributed by atoms with Gasteiger partial charge in [-0.25, -0.2) is 8.78 Å². The average Bonchev–Trinajstić information content (AvgIpc) is 2.88. The van der Waals surface area contributed by atoms with Gasteiger partial charge in [-0.2, -0.15) is 0 Å². The predicted molar refractivity (Wildman–Crippen MR) is 76.2 cm³/mol. The van der Waals surface area contributed by atoms with Crippen LogP contribution < -0.4 is 10.1 Å². The molecule has 0 amide bonds. The molecule has 0 bridgehead atoms. The number of benzene rings is 1. The fourth-order valence-electron chi connectivity index (χ4n) is 2.46. The molecule has 0 aliphatic carbocycles. The summed E-state index contributed by atoms with van der Waals surface area (Å²) in [6, 6.07) is 2.13. The van der Waals surface area contributed by atoms with Crippen LogP contribution in [0.5, 0.6) is 5.75 Å². The summed E-state index contributed by atoms with van der Waals surface area (Å²) in [7, 11) is 0. The van der Waals surface area contributed by atoms with Crippen molar-refractivity contribution in [2.45, 2.75) is 26.2 Å². The van der Waals surface area contributed by atoms with E-state index in [1.165, 1.54) is 6.42 Å². The maximum Gasteiger partial charge on any atom is 0.190 e. The monoisotopic (exact) mass is 303 g/mol. The molecule has 1 N–H and O–H groups in total. The Balaban J connectivity index is 1.79. The van der Waals surface area contributed by atoms with Crippen molar-refractivity contribution in [3.8, 4) is 5.75 Å². The summed E-state index contributed by atoms with van der Waals surface area (Å²) in [6.07, 6.45) is 3.35. The van der Waals surface area contributed by atoms with E-state index in [-0.39, 0.29) is 16.7 Å². The van der Waals surface area contributed by atoms with E-state index in [1.807, 2.05) is 6.92 Å². The summed E-state index contributed by atoms with van der Waals surface area (Å²) in [5.74, 6) is -0.834. The van der Waals surface area contributed by atoms with Crippen molar-refractivity contribution in [1.82, 2.24) is 5.32 Å². The van der Waals surface area contributed by atoms with E-state index in [1.54, 1.807) is 0 Å². The predicted octanol–water partition coefficient (Wildman–Crippen LogP) is 4.02. The second-order valence-corrected chi connectivity index (χ2v) is 5.99. The normalized spacial score (nSPS) is 20.1. The van der Waals surface area contributed by atoms with Gasteiger partial charge in [-0.05, 0) is 56.3 Å². The first-order valence-corrected chi connectivity index (χ1v) is 7.42. The number of ether oxygens (including phenoxy) is 1. The number of nitrogens with one attached hydrogen (secondary N) is 1. The summed E-state index contributed by atoms with van der Waals surface area (Å²) < 4.78 is 32.3. The minimum atomic E-state index is -0.748. The smallest absolute Gasteiger partial charge is 0.190 e. The Morgan fingerprint density at radius 3 is 2.70 bits per heavy atom. The van der Waals surface area contributed by atoms with Gasteiger partial charge in [-0.3, -0.25) is 0 Å². The number of hydrogen-bond donors (Lipinski definition) is 1. The minimum Gasteiger partial charge on any atom is -0.487 e. The Kier molecular flexibility index (Phi) is 5.61. The van der Waals surface area contributed by atoms with Gasteiger partial charge >= 0.3 is 0 Å². The quantitative estimate of drug-likeness (QED) is 0.857. The molecule has 2 nitrogen and oxygen atoms in total. The number of hydrogen-bond acceptors (Lipinski definition) is 2. The van der Waals surface area contributed by atoms with Crippen LogP contribution in [0.3, 0.4) is 0 Å². The molecule has 1 aliphatic heterocycles. The Labute approximate surface area is 123 Å². The Bertz CT molecular complexity index is 426. The second-order valence-electron chi connectivity index (χ2n) is 5.55. The van der Waals surface area contributed by atoms with Crippen LogP contribution in [0.1, 0.15) is 26.2 Å². The molecule has 5 heteroatoms. The Morgan fingerprint density at radius 1 is 1.40 bits per heavy atom. The van der Waals surface area contributed by atoms with Gasteiger partial charge < -0.3 is 10.1 Å². The van der Waals surface area contributed by atoms with Crippen LogP contribution >= 0.6 is 11.6 Å². The molecule has 1 fully saturated rings. The molecule has 0 aromatic heterocycles. The summed E-state index contributed by atoms with van der Waals surface area (Å²) >= 11 is 5.57. The summed E-state index contributed by atoms with van der Waals surface area (Å²) in [6.45, 7) is 4.52. The van der Waals surface area contributed by atoms with Crippen LogP contribution in [0, 0.1) is 23.5 Å². The lowest BCUT2D eigenvalue weighted by molar-refractivity contribution is 0.225. The van der Waals surface area contributed by atoms with E-state index in [4.69, 9.17) is 16.3 Å². The van der Waals surface area contributed by atoms with Gasteiger partial charge in [0.2, 0.25) is 0 Å². The largest absolute Gasteiger partial charge is 0.487 e.